The highest BCUT2D eigenvalue weighted by atomic mass is 35.5. The molecule has 1 amide bonds. The summed E-state index contributed by atoms with van der Waals surface area (Å²) in [6, 6.07) is 7.87. The van der Waals surface area contributed by atoms with Gasteiger partial charge in [0.2, 0.25) is 17.5 Å². The van der Waals surface area contributed by atoms with Gasteiger partial charge in [-0.15, -0.1) is 0 Å². The molecule has 12 heteroatoms. The van der Waals surface area contributed by atoms with Crippen LogP contribution in [0.2, 0.25) is 5.02 Å². The number of anilines is 2. The molecule has 3 aromatic rings. The van der Waals surface area contributed by atoms with E-state index in [2.05, 4.69) is 10.3 Å². The summed E-state index contributed by atoms with van der Waals surface area (Å²) < 4.78 is 51.0. The zero-order valence-electron chi connectivity index (χ0n) is 17.9. The minimum atomic E-state index is -4.66. The molecule has 1 aliphatic rings. The van der Waals surface area contributed by atoms with Gasteiger partial charge in [-0.2, -0.15) is 23.4 Å². The van der Waals surface area contributed by atoms with E-state index in [1.807, 2.05) is 15.9 Å². The number of aromatic nitrogens is 1. The van der Waals surface area contributed by atoms with E-state index < -0.39 is 23.7 Å². The number of benzene rings is 1. The van der Waals surface area contributed by atoms with Crippen LogP contribution in [0.15, 0.2) is 45.4 Å². The first-order valence-electron chi connectivity index (χ1n) is 10.3. The van der Waals surface area contributed by atoms with Crippen molar-refractivity contribution in [1.82, 2.24) is 9.88 Å². The summed E-state index contributed by atoms with van der Waals surface area (Å²) in [6.45, 7) is 3.31. The molecule has 0 spiro atoms. The number of rotatable bonds is 5. The third-order valence-corrected chi connectivity index (χ3v) is 5.76. The molecule has 1 aliphatic heterocycles. The Morgan fingerprint density at radius 3 is 2.62 bits per heavy atom. The van der Waals surface area contributed by atoms with Crippen LogP contribution < -0.4 is 10.2 Å². The molecule has 4 rings (SSSR count). The van der Waals surface area contributed by atoms with Crippen molar-refractivity contribution in [3.8, 4) is 17.7 Å². The van der Waals surface area contributed by atoms with E-state index >= 15 is 0 Å². The second-order valence-electron chi connectivity index (χ2n) is 7.64. The molecule has 1 fully saturated rings. The highest BCUT2D eigenvalue weighted by Gasteiger charge is 2.35. The molecule has 1 atom stereocenters. The molecule has 0 saturated carbocycles. The van der Waals surface area contributed by atoms with E-state index in [1.54, 1.807) is 19.1 Å². The molecular formula is C22H19ClF3N5O3. The van der Waals surface area contributed by atoms with Gasteiger partial charge < -0.3 is 19.1 Å². The monoisotopic (exact) mass is 493 g/mol. The maximum atomic E-state index is 13.3. The summed E-state index contributed by atoms with van der Waals surface area (Å²) in [5, 5.41) is 11.7. The molecule has 178 valence electrons. The fourth-order valence-corrected chi connectivity index (χ4v) is 3.85. The third kappa shape index (κ3) is 4.88. The number of hydrogen-bond acceptors (Lipinski definition) is 7. The molecule has 3 heterocycles. The van der Waals surface area contributed by atoms with Gasteiger partial charge in [0, 0.05) is 31.2 Å². The Bertz CT molecular complexity index is 1210. The maximum Gasteiger partial charge on any atom is 0.418 e. The second-order valence-corrected chi connectivity index (χ2v) is 8.07. The van der Waals surface area contributed by atoms with E-state index in [0.717, 1.165) is 12.1 Å². The molecule has 0 radical (unpaired) electrons. The largest absolute Gasteiger partial charge is 0.459 e. The van der Waals surface area contributed by atoms with Crippen molar-refractivity contribution in [2.24, 2.45) is 0 Å². The van der Waals surface area contributed by atoms with Crippen molar-refractivity contribution in [2.45, 2.75) is 19.1 Å². The number of carbonyl (C=O) groups excluding carboxylic acids is 1. The van der Waals surface area contributed by atoms with Crippen LogP contribution in [0, 0.1) is 11.3 Å². The second kappa shape index (κ2) is 9.40. The fourth-order valence-electron chi connectivity index (χ4n) is 3.68. The third-order valence-electron chi connectivity index (χ3n) is 5.52. The predicted molar refractivity (Wildman–Crippen MR) is 117 cm³/mol. The van der Waals surface area contributed by atoms with E-state index in [-0.39, 0.29) is 22.3 Å². The Morgan fingerprint density at radius 1 is 1.26 bits per heavy atom. The van der Waals surface area contributed by atoms with Crippen LogP contribution in [0.25, 0.3) is 11.7 Å². The lowest BCUT2D eigenvalue weighted by atomic mass is 10.1. The van der Waals surface area contributed by atoms with Gasteiger partial charge >= 0.3 is 6.18 Å². The van der Waals surface area contributed by atoms with Gasteiger partial charge in [-0.3, -0.25) is 9.69 Å². The standard InChI is InChI=1S/C22H19ClF3N5O3/c1-13(19(32)28-16-5-4-14(23)11-15(16)22(24,25)26)30-6-8-31(9-7-30)21-17(12-27)29-20(34-21)18-3-2-10-33-18/h2-5,10-11,13H,6-9H2,1H3,(H,28,32). The Hall–Kier alpha value is -3.49. The van der Waals surface area contributed by atoms with Crippen molar-refractivity contribution in [2.75, 3.05) is 36.4 Å². The smallest absolute Gasteiger partial charge is 0.418 e. The number of piperazine rings is 1. The minimum absolute atomic E-state index is 0.0751. The van der Waals surface area contributed by atoms with Gasteiger partial charge in [0.15, 0.2) is 5.76 Å². The number of hydrogen-bond donors (Lipinski definition) is 1. The Labute approximate surface area is 197 Å². The van der Waals surface area contributed by atoms with Gasteiger partial charge in [0.25, 0.3) is 5.89 Å². The van der Waals surface area contributed by atoms with Crippen LogP contribution in [-0.4, -0.2) is 48.0 Å². The first-order valence-corrected chi connectivity index (χ1v) is 10.7. The molecule has 0 bridgehead atoms. The van der Waals surface area contributed by atoms with Gasteiger partial charge in [0.05, 0.1) is 23.6 Å². The van der Waals surface area contributed by atoms with Crippen LogP contribution in [0.4, 0.5) is 24.7 Å². The maximum absolute atomic E-state index is 13.3. The Kier molecular flexibility index (Phi) is 6.54. The number of carbonyl (C=O) groups is 1. The van der Waals surface area contributed by atoms with Crippen molar-refractivity contribution in [3.63, 3.8) is 0 Å². The highest BCUT2D eigenvalue weighted by Crippen LogP contribution is 2.36. The quantitative estimate of drug-likeness (QED) is 0.553. The lowest BCUT2D eigenvalue weighted by Crippen LogP contribution is -2.53. The average Bonchev–Trinajstić information content (AvgIpc) is 3.49. The number of alkyl halides is 3. The molecular weight excluding hydrogens is 475 g/mol. The van der Waals surface area contributed by atoms with Crippen LogP contribution >= 0.6 is 11.6 Å². The summed E-state index contributed by atoms with van der Waals surface area (Å²) in [4.78, 5) is 20.6. The first kappa shape index (κ1) is 23.7. The summed E-state index contributed by atoms with van der Waals surface area (Å²) in [7, 11) is 0. The number of amides is 1. The zero-order valence-corrected chi connectivity index (χ0v) is 18.7. The molecule has 1 N–H and O–H groups in total. The Morgan fingerprint density at radius 2 is 2.00 bits per heavy atom. The molecule has 8 nitrogen and oxygen atoms in total. The van der Waals surface area contributed by atoms with Gasteiger partial charge in [0.1, 0.15) is 6.07 Å². The number of nitrogens with zero attached hydrogens (tertiary/aromatic N) is 4. The number of oxazole rings is 1. The molecule has 1 aromatic carbocycles. The van der Waals surface area contributed by atoms with Gasteiger partial charge in [-0.25, -0.2) is 0 Å². The van der Waals surface area contributed by atoms with Gasteiger partial charge in [-0.1, -0.05) is 11.6 Å². The molecule has 1 saturated heterocycles. The summed E-state index contributed by atoms with van der Waals surface area (Å²) in [6.07, 6.45) is -3.19. The SMILES string of the molecule is CC(C(=O)Nc1ccc(Cl)cc1C(F)(F)F)N1CCN(c2oc(-c3ccco3)nc2C#N)CC1. The average molecular weight is 494 g/mol. The molecule has 34 heavy (non-hydrogen) atoms. The summed E-state index contributed by atoms with van der Waals surface area (Å²) in [5.41, 5.74) is -1.24. The lowest BCUT2D eigenvalue weighted by molar-refractivity contribution is -0.137. The first-order chi connectivity index (χ1) is 16.2. The van der Waals surface area contributed by atoms with E-state index in [4.69, 9.17) is 20.4 Å². The van der Waals surface area contributed by atoms with Crippen LogP contribution in [0.1, 0.15) is 18.2 Å². The zero-order chi connectivity index (χ0) is 24.5. The predicted octanol–water partition coefficient (Wildman–Crippen LogP) is 4.63. The van der Waals surface area contributed by atoms with Crippen LogP contribution in [0.5, 0.6) is 0 Å². The van der Waals surface area contributed by atoms with Crippen molar-refractivity contribution in [3.05, 3.63) is 52.9 Å². The van der Waals surface area contributed by atoms with Crippen molar-refractivity contribution >= 4 is 29.1 Å². The highest BCUT2D eigenvalue weighted by molar-refractivity contribution is 6.30. The number of halogens is 4. The number of furan rings is 1. The van der Waals surface area contributed by atoms with Crippen LogP contribution in [-0.2, 0) is 11.0 Å². The topological polar surface area (TPSA) is 98.5 Å². The summed E-state index contributed by atoms with van der Waals surface area (Å²) >= 11 is 5.70. The molecule has 1 unspecified atom stereocenters. The van der Waals surface area contributed by atoms with E-state index in [0.29, 0.717) is 37.8 Å². The van der Waals surface area contributed by atoms with E-state index in [9.17, 15) is 23.2 Å². The van der Waals surface area contributed by atoms with Crippen LogP contribution in [0.3, 0.4) is 0 Å². The number of nitriles is 1. The Balaban J connectivity index is 1.41. The van der Waals surface area contributed by atoms with Gasteiger partial charge in [-0.05, 0) is 37.3 Å². The van der Waals surface area contributed by atoms with Crippen molar-refractivity contribution in [1.29, 1.82) is 5.26 Å². The lowest BCUT2D eigenvalue weighted by Gasteiger charge is -2.37. The fraction of sp³-hybridized carbons (Fsp3) is 0.318. The molecule has 0 aliphatic carbocycles. The van der Waals surface area contributed by atoms with E-state index in [1.165, 1.54) is 12.3 Å². The normalized spacial score (nSPS) is 15.7. The molecule has 2 aromatic heterocycles. The van der Waals surface area contributed by atoms with Crippen molar-refractivity contribution < 1.29 is 26.8 Å². The minimum Gasteiger partial charge on any atom is -0.459 e. The number of nitrogens with one attached hydrogen (secondary N) is 1. The summed E-state index contributed by atoms with van der Waals surface area (Å²) in [5.74, 6) is 0.322.